The van der Waals surface area contributed by atoms with Gasteiger partial charge in [-0.05, 0) is 19.5 Å². The zero-order valence-electron chi connectivity index (χ0n) is 10.9. The van der Waals surface area contributed by atoms with Crippen LogP contribution in [0.2, 0.25) is 0 Å². The predicted molar refractivity (Wildman–Crippen MR) is 68.6 cm³/mol. The van der Waals surface area contributed by atoms with Crippen LogP contribution < -0.4 is 5.73 Å². The Hall–Kier alpha value is -0.840. The number of piperazine rings is 1. The van der Waals surface area contributed by atoms with E-state index in [0.717, 1.165) is 37.5 Å². The van der Waals surface area contributed by atoms with Crippen LogP contribution in [0.15, 0.2) is 16.7 Å². The summed E-state index contributed by atoms with van der Waals surface area (Å²) in [4.78, 5) is 4.91. The standard InChI is InChI=1S/C13H23N3O/c1-3-12-8-16(5-4-15(12)2)9-13-6-11(7-14)10-17-13/h6,10,12H,3-5,7-9,14H2,1-2H3. The van der Waals surface area contributed by atoms with Gasteiger partial charge in [0.05, 0.1) is 12.8 Å². The summed E-state index contributed by atoms with van der Waals surface area (Å²) in [5.74, 6) is 1.03. The molecule has 0 bridgehead atoms. The summed E-state index contributed by atoms with van der Waals surface area (Å²) in [6.45, 7) is 7.11. The van der Waals surface area contributed by atoms with E-state index in [2.05, 4.69) is 29.8 Å². The van der Waals surface area contributed by atoms with Crippen molar-refractivity contribution in [3.8, 4) is 0 Å². The molecule has 0 amide bonds. The highest BCUT2D eigenvalue weighted by Gasteiger charge is 2.23. The Kier molecular flexibility index (Phi) is 4.20. The smallest absolute Gasteiger partial charge is 0.118 e. The van der Waals surface area contributed by atoms with Gasteiger partial charge < -0.3 is 15.1 Å². The van der Waals surface area contributed by atoms with E-state index < -0.39 is 0 Å². The Morgan fingerprint density at radius 1 is 1.47 bits per heavy atom. The van der Waals surface area contributed by atoms with Crippen molar-refractivity contribution in [1.29, 1.82) is 0 Å². The molecule has 1 aliphatic rings. The van der Waals surface area contributed by atoms with Crippen molar-refractivity contribution in [2.45, 2.75) is 32.5 Å². The number of furan rings is 1. The highest BCUT2D eigenvalue weighted by molar-refractivity contribution is 5.12. The maximum absolute atomic E-state index is 5.58. The summed E-state index contributed by atoms with van der Waals surface area (Å²) in [6, 6.07) is 2.74. The molecule has 1 unspecified atom stereocenters. The first kappa shape index (κ1) is 12.6. The molecule has 1 fully saturated rings. The van der Waals surface area contributed by atoms with Gasteiger partial charge in [-0.3, -0.25) is 4.90 Å². The van der Waals surface area contributed by atoms with Gasteiger partial charge in [-0.1, -0.05) is 6.92 Å². The van der Waals surface area contributed by atoms with Crippen molar-refractivity contribution in [1.82, 2.24) is 9.80 Å². The summed E-state index contributed by atoms with van der Waals surface area (Å²) < 4.78 is 5.52. The van der Waals surface area contributed by atoms with Crippen molar-refractivity contribution >= 4 is 0 Å². The van der Waals surface area contributed by atoms with E-state index >= 15 is 0 Å². The van der Waals surface area contributed by atoms with Gasteiger partial charge >= 0.3 is 0 Å². The molecule has 4 nitrogen and oxygen atoms in total. The Morgan fingerprint density at radius 2 is 2.29 bits per heavy atom. The van der Waals surface area contributed by atoms with Crippen LogP contribution in [-0.4, -0.2) is 42.5 Å². The second-order valence-electron chi connectivity index (χ2n) is 4.90. The molecule has 2 heterocycles. The molecule has 1 atom stereocenters. The first-order valence-electron chi connectivity index (χ1n) is 6.42. The molecular formula is C13H23N3O. The van der Waals surface area contributed by atoms with Crippen LogP contribution in [0.3, 0.4) is 0 Å². The van der Waals surface area contributed by atoms with Crippen LogP contribution in [-0.2, 0) is 13.1 Å². The molecule has 0 radical (unpaired) electrons. The van der Waals surface area contributed by atoms with Gasteiger partial charge in [0.25, 0.3) is 0 Å². The zero-order valence-corrected chi connectivity index (χ0v) is 10.9. The molecule has 4 heteroatoms. The van der Waals surface area contributed by atoms with E-state index in [0.29, 0.717) is 12.6 Å². The van der Waals surface area contributed by atoms with Gasteiger partial charge in [-0.2, -0.15) is 0 Å². The van der Waals surface area contributed by atoms with E-state index in [1.54, 1.807) is 6.26 Å². The SMILES string of the molecule is CCC1CN(Cc2cc(CN)co2)CCN1C. The van der Waals surface area contributed by atoms with Crippen LogP contribution in [0, 0.1) is 0 Å². The van der Waals surface area contributed by atoms with Gasteiger partial charge in [-0.25, -0.2) is 0 Å². The average Bonchev–Trinajstić information content (AvgIpc) is 2.79. The molecular weight excluding hydrogens is 214 g/mol. The maximum atomic E-state index is 5.58. The number of rotatable bonds is 4. The summed E-state index contributed by atoms with van der Waals surface area (Å²) in [5.41, 5.74) is 6.66. The fraction of sp³-hybridized carbons (Fsp3) is 0.692. The molecule has 0 saturated carbocycles. The quantitative estimate of drug-likeness (QED) is 0.856. The molecule has 0 aromatic carbocycles. The lowest BCUT2D eigenvalue weighted by Gasteiger charge is -2.38. The van der Waals surface area contributed by atoms with E-state index in [1.165, 1.54) is 6.42 Å². The Balaban J connectivity index is 1.90. The van der Waals surface area contributed by atoms with Gasteiger partial charge in [-0.15, -0.1) is 0 Å². The summed E-state index contributed by atoms with van der Waals surface area (Å²) in [7, 11) is 2.21. The van der Waals surface area contributed by atoms with Crippen molar-refractivity contribution in [3.63, 3.8) is 0 Å². The molecule has 0 spiro atoms. The van der Waals surface area contributed by atoms with Crippen LogP contribution in [0.5, 0.6) is 0 Å². The van der Waals surface area contributed by atoms with Crippen molar-refractivity contribution in [2.24, 2.45) is 5.73 Å². The van der Waals surface area contributed by atoms with E-state index in [1.807, 2.05) is 0 Å². The Bertz CT molecular complexity index is 350. The zero-order chi connectivity index (χ0) is 12.3. The largest absolute Gasteiger partial charge is 0.468 e. The molecule has 1 saturated heterocycles. The molecule has 1 aromatic heterocycles. The first-order chi connectivity index (χ1) is 8.22. The fourth-order valence-electron chi connectivity index (χ4n) is 2.43. The lowest BCUT2D eigenvalue weighted by atomic mass is 10.1. The van der Waals surface area contributed by atoms with Gasteiger partial charge in [0.2, 0.25) is 0 Å². The molecule has 96 valence electrons. The second-order valence-corrected chi connectivity index (χ2v) is 4.90. The summed E-state index contributed by atoms with van der Waals surface area (Å²) in [5, 5.41) is 0. The molecule has 1 aromatic rings. The predicted octanol–water partition coefficient (Wildman–Crippen LogP) is 1.26. The Morgan fingerprint density at radius 3 is 2.94 bits per heavy atom. The minimum atomic E-state index is 0.559. The van der Waals surface area contributed by atoms with Crippen LogP contribution in [0.1, 0.15) is 24.7 Å². The molecule has 2 N–H and O–H groups in total. The van der Waals surface area contributed by atoms with E-state index in [9.17, 15) is 0 Å². The third-order valence-corrected chi connectivity index (χ3v) is 3.66. The number of nitrogens with two attached hydrogens (primary N) is 1. The number of hydrogen-bond acceptors (Lipinski definition) is 4. The molecule has 17 heavy (non-hydrogen) atoms. The number of hydrogen-bond donors (Lipinski definition) is 1. The average molecular weight is 237 g/mol. The summed E-state index contributed by atoms with van der Waals surface area (Å²) in [6.07, 6.45) is 2.97. The lowest BCUT2D eigenvalue weighted by Crippen LogP contribution is -2.50. The highest BCUT2D eigenvalue weighted by Crippen LogP contribution is 2.15. The van der Waals surface area contributed by atoms with Gasteiger partial charge in [0.1, 0.15) is 5.76 Å². The monoisotopic (exact) mass is 237 g/mol. The third-order valence-electron chi connectivity index (χ3n) is 3.66. The van der Waals surface area contributed by atoms with Gasteiger partial charge in [0.15, 0.2) is 0 Å². The van der Waals surface area contributed by atoms with Crippen LogP contribution >= 0.6 is 0 Å². The summed E-state index contributed by atoms with van der Waals surface area (Å²) >= 11 is 0. The topological polar surface area (TPSA) is 45.6 Å². The minimum absolute atomic E-state index is 0.559. The first-order valence-corrected chi connectivity index (χ1v) is 6.42. The highest BCUT2D eigenvalue weighted by atomic mass is 16.3. The van der Waals surface area contributed by atoms with Crippen molar-refractivity contribution < 1.29 is 4.42 Å². The maximum Gasteiger partial charge on any atom is 0.118 e. The molecule has 2 rings (SSSR count). The second kappa shape index (κ2) is 5.67. The van der Waals surface area contributed by atoms with Crippen LogP contribution in [0.4, 0.5) is 0 Å². The lowest BCUT2D eigenvalue weighted by molar-refractivity contribution is 0.0836. The molecule has 0 aliphatic carbocycles. The number of likely N-dealkylation sites (N-methyl/N-ethyl adjacent to an activating group) is 1. The third kappa shape index (κ3) is 3.09. The Labute approximate surface area is 103 Å². The number of nitrogens with zero attached hydrogens (tertiary/aromatic N) is 2. The fourth-order valence-corrected chi connectivity index (χ4v) is 2.43. The van der Waals surface area contributed by atoms with Crippen molar-refractivity contribution in [2.75, 3.05) is 26.7 Å². The van der Waals surface area contributed by atoms with Crippen molar-refractivity contribution in [3.05, 3.63) is 23.7 Å². The normalized spacial score (nSPS) is 23.1. The van der Waals surface area contributed by atoms with E-state index in [-0.39, 0.29) is 0 Å². The van der Waals surface area contributed by atoms with Crippen LogP contribution in [0.25, 0.3) is 0 Å². The minimum Gasteiger partial charge on any atom is -0.468 e. The van der Waals surface area contributed by atoms with E-state index in [4.69, 9.17) is 10.2 Å². The molecule has 1 aliphatic heterocycles. The van der Waals surface area contributed by atoms with Gasteiger partial charge in [0, 0.05) is 37.8 Å².